The third-order valence-electron chi connectivity index (χ3n) is 2.77. The van der Waals surface area contributed by atoms with Crippen LogP contribution in [-0.2, 0) is 4.74 Å². The molecule has 0 spiro atoms. The summed E-state index contributed by atoms with van der Waals surface area (Å²) in [6.45, 7) is 1.96. The Morgan fingerprint density at radius 1 is 0.909 bits per heavy atom. The van der Waals surface area contributed by atoms with Gasteiger partial charge in [0.05, 0.1) is 7.11 Å². The summed E-state index contributed by atoms with van der Waals surface area (Å²) in [5, 5.41) is 5.10. The predicted octanol–water partition coefficient (Wildman–Crippen LogP) is 3.78. The van der Waals surface area contributed by atoms with Gasteiger partial charge in [0.1, 0.15) is 5.75 Å². The van der Waals surface area contributed by atoms with Crippen LogP contribution in [-0.4, -0.2) is 19.3 Å². The monoisotopic (exact) mass is 300 g/mol. The van der Waals surface area contributed by atoms with Gasteiger partial charge in [-0.15, -0.1) is 0 Å². The van der Waals surface area contributed by atoms with Crippen molar-refractivity contribution in [1.29, 1.82) is 0 Å². The average molecular weight is 300 g/mol. The Kier molecular flexibility index (Phi) is 4.98. The smallest absolute Gasteiger partial charge is 0.417 e. The lowest BCUT2D eigenvalue weighted by molar-refractivity contribution is 0.187. The van der Waals surface area contributed by atoms with Crippen molar-refractivity contribution in [3.63, 3.8) is 0 Å². The topological polar surface area (TPSA) is 76.7 Å². The second kappa shape index (κ2) is 7.12. The molecule has 2 aromatic rings. The van der Waals surface area contributed by atoms with E-state index in [2.05, 4.69) is 15.4 Å². The molecule has 2 amide bonds. The minimum atomic E-state index is -0.612. The summed E-state index contributed by atoms with van der Waals surface area (Å²) >= 11 is 0. The van der Waals surface area contributed by atoms with Gasteiger partial charge < -0.3 is 9.47 Å². The summed E-state index contributed by atoms with van der Waals surface area (Å²) < 4.78 is 9.66. The number of methoxy groups -OCH3 is 1. The molecule has 0 heterocycles. The molecule has 6 nitrogen and oxygen atoms in total. The fraction of sp³-hybridized carbons (Fsp3) is 0.125. The van der Waals surface area contributed by atoms with Gasteiger partial charge in [-0.1, -0.05) is 23.8 Å². The van der Waals surface area contributed by atoms with E-state index in [1.807, 2.05) is 19.1 Å². The van der Waals surface area contributed by atoms with Crippen LogP contribution in [0.4, 0.5) is 21.0 Å². The number of carbonyl (C=O) groups is 2. The Balaban J connectivity index is 1.97. The highest BCUT2D eigenvalue weighted by Gasteiger charge is 2.07. The Bertz CT molecular complexity index is 668. The van der Waals surface area contributed by atoms with Gasteiger partial charge in [-0.05, 0) is 31.2 Å². The minimum absolute atomic E-state index is 0.304. The van der Waals surface area contributed by atoms with Crippen molar-refractivity contribution in [2.45, 2.75) is 6.92 Å². The fourth-order valence-electron chi connectivity index (χ4n) is 1.69. The van der Waals surface area contributed by atoms with Crippen molar-refractivity contribution in [3.05, 3.63) is 54.1 Å². The van der Waals surface area contributed by atoms with Gasteiger partial charge in [0.2, 0.25) is 0 Å². The maximum Gasteiger partial charge on any atom is 0.417 e. The number of hydrogen-bond donors (Lipinski definition) is 2. The lowest BCUT2D eigenvalue weighted by Gasteiger charge is -2.08. The van der Waals surface area contributed by atoms with Gasteiger partial charge in [-0.25, -0.2) is 9.59 Å². The van der Waals surface area contributed by atoms with Gasteiger partial charge in [-0.2, -0.15) is 0 Å². The first-order valence-corrected chi connectivity index (χ1v) is 6.57. The van der Waals surface area contributed by atoms with Crippen molar-refractivity contribution in [2.75, 3.05) is 17.7 Å². The maximum atomic E-state index is 11.8. The molecule has 0 aliphatic carbocycles. The summed E-state index contributed by atoms with van der Waals surface area (Å²) in [5.41, 5.74) is 2.20. The van der Waals surface area contributed by atoms with E-state index in [1.165, 1.54) is 13.2 Å². The number of anilines is 2. The molecule has 0 bridgehead atoms. The van der Waals surface area contributed by atoms with Gasteiger partial charge in [0.25, 0.3) is 0 Å². The summed E-state index contributed by atoms with van der Waals surface area (Å²) in [4.78, 5) is 22.9. The number of hydrogen-bond acceptors (Lipinski definition) is 4. The summed E-state index contributed by atoms with van der Waals surface area (Å²) in [6, 6.07) is 13.8. The van der Waals surface area contributed by atoms with E-state index in [1.54, 1.807) is 30.3 Å². The molecule has 0 aliphatic rings. The van der Waals surface area contributed by atoms with Crippen LogP contribution >= 0.6 is 0 Å². The average Bonchev–Trinajstić information content (AvgIpc) is 2.49. The molecule has 6 heteroatoms. The van der Waals surface area contributed by atoms with Crippen LogP contribution in [0.15, 0.2) is 48.5 Å². The van der Waals surface area contributed by atoms with Crippen LogP contribution in [0.3, 0.4) is 0 Å². The van der Waals surface area contributed by atoms with Crippen LogP contribution < -0.4 is 15.4 Å². The van der Waals surface area contributed by atoms with E-state index in [4.69, 9.17) is 4.74 Å². The number of rotatable bonds is 3. The highest BCUT2D eigenvalue weighted by molar-refractivity contribution is 5.87. The SMILES string of the molecule is COC(=O)Nc1cccc(OC(=O)Nc2ccc(C)cc2)c1. The third kappa shape index (κ3) is 4.52. The number of carbonyl (C=O) groups excluding carboxylic acids is 2. The molecule has 0 saturated heterocycles. The summed E-state index contributed by atoms with van der Waals surface area (Å²) in [6.07, 6.45) is -1.21. The molecular weight excluding hydrogens is 284 g/mol. The first-order valence-electron chi connectivity index (χ1n) is 6.57. The zero-order valence-corrected chi connectivity index (χ0v) is 12.3. The van der Waals surface area contributed by atoms with E-state index in [9.17, 15) is 9.59 Å². The standard InChI is InChI=1S/C16H16N2O4/c1-11-6-8-12(9-7-11)17-16(20)22-14-5-3-4-13(10-14)18-15(19)21-2/h3-10H,1-2H3,(H,17,20)(H,18,19). The van der Waals surface area contributed by atoms with Crippen LogP contribution in [0.25, 0.3) is 0 Å². The Hall–Kier alpha value is -3.02. The highest BCUT2D eigenvalue weighted by Crippen LogP contribution is 2.18. The van der Waals surface area contributed by atoms with Crippen LogP contribution in [0.1, 0.15) is 5.56 Å². The van der Waals surface area contributed by atoms with Gasteiger partial charge >= 0.3 is 12.2 Å². The molecule has 2 rings (SSSR count). The van der Waals surface area contributed by atoms with Crippen molar-refractivity contribution < 1.29 is 19.1 Å². The number of benzene rings is 2. The van der Waals surface area contributed by atoms with Crippen LogP contribution in [0, 0.1) is 6.92 Å². The zero-order chi connectivity index (χ0) is 15.9. The predicted molar refractivity (Wildman–Crippen MR) is 83.3 cm³/mol. The number of aryl methyl sites for hydroxylation is 1. The normalized spacial score (nSPS) is 9.73. The third-order valence-corrected chi connectivity index (χ3v) is 2.77. The molecule has 2 N–H and O–H groups in total. The second-order valence-corrected chi connectivity index (χ2v) is 4.52. The molecule has 22 heavy (non-hydrogen) atoms. The highest BCUT2D eigenvalue weighted by atomic mass is 16.6. The molecule has 0 saturated carbocycles. The molecule has 2 aromatic carbocycles. The van der Waals surface area contributed by atoms with Crippen LogP contribution in [0.5, 0.6) is 5.75 Å². The molecule has 0 radical (unpaired) electrons. The van der Waals surface area contributed by atoms with E-state index >= 15 is 0 Å². The maximum absolute atomic E-state index is 11.8. The quantitative estimate of drug-likeness (QED) is 0.904. The Morgan fingerprint density at radius 3 is 2.27 bits per heavy atom. The van der Waals surface area contributed by atoms with Gasteiger partial charge in [-0.3, -0.25) is 10.6 Å². The zero-order valence-electron chi connectivity index (χ0n) is 12.3. The molecule has 114 valence electrons. The van der Waals surface area contributed by atoms with Crippen molar-refractivity contribution >= 4 is 23.6 Å². The lowest BCUT2D eigenvalue weighted by atomic mass is 10.2. The van der Waals surface area contributed by atoms with Gasteiger partial charge in [0, 0.05) is 17.4 Å². The fourth-order valence-corrected chi connectivity index (χ4v) is 1.69. The first kappa shape index (κ1) is 15.4. The number of amides is 2. The lowest BCUT2D eigenvalue weighted by Crippen LogP contribution is -2.17. The van der Waals surface area contributed by atoms with Crippen LogP contribution in [0.2, 0.25) is 0 Å². The van der Waals surface area contributed by atoms with Crippen molar-refractivity contribution in [1.82, 2.24) is 0 Å². The number of ether oxygens (including phenoxy) is 2. The molecule has 0 fully saturated rings. The molecule has 0 unspecified atom stereocenters. The first-order chi connectivity index (χ1) is 10.6. The summed E-state index contributed by atoms with van der Waals surface area (Å²) in [7, 11) is 1.27. The van der Waals surface area contributed by atoms with E-state index in [-0.39, 0.29) is 0 Å². The Morgan fingerprint density at radius 2 is 1.59 bits per heavy atom. The number of nitrogens with one attached hydrogen (secondary N) is 2. The Labute approximate surface area is 128 Å². The van der Waals surface area contributed by atoms with E-state index in [0.29, 0.717) is 17.1 Å². The van der Waals surface area contributed by atoms with Crippen molar-refractivity contribution in [3.8, 4) is 5.75 Å². The molecular formula is C16H16N2O4. The van der Waals surface area contributed by atoms with E-state index < -0.39 is 12.2 Å². The minimum Gasteiger partial charge on any atom is -0.453 e. The summed E-state index contributed by atoms with van der Waals surface area (Å²) in [5.74, 6) is 0.304. The van der Waals surface area contributed by atoms with Crippen molar-refractivity contribution in [2.24, 2.45) is 0 Å². The molecule has 0 aliphatic heterocycles. The van der Waals surface area contributed by atoms with Gasteiger partial charge in [0.15, 0.2) is 0 Å². The van der Waals surface area contributed by atoms with E-state index in [0.717, 1.165) is 5.56 Å². The second-order valence-electron chi connectivity index (χ2n) is 4.52. The molecule has 0 aromatic heterocycles. The molecule has 0 atom stereocenters. The largest absolute Gasteiger partial charge is 0.453 e.